The minimum atomic E-state index is -0.504. The number of nitrogen functional groups attached to an aromatic ring is 1. The second-order valence-electron chi connectivity index (χ2n) is 5.45. The van der Waals surface area contributed by atoms with Gasteiger partial charge in [-0.3, -0.25) is 0 Å². The van der Waals surface area contributed by atoms with Gasteiger partial charge in [-0.2, -0.15) is 0 Å². The van der Waals surface area contributed by atoms with E-state index >= 15 is 0 Å². The molecule has 0 bridgehead atoms. The highest BCUT2D eigenvalue weighted by molar-refractivity contribution is 5.96. The predicted octanol–water partition coefficient (Wildman–Crippen LogP) is 3.21. The van der Waals surface area contributed by atoms with Gasteiger partial charge in [-0.25, -0.2) is 9.18 Å². The number of halogens is 1. The number of carbonyl (C=O) groups is 1. The molecule has 5 heteroatoms. The largest absolute Gasteiger partial charge is 0.462 e. The van der Waals surface area contributed by atoms with Gasteiger partial charge in [-0.15, -0.1) is 0 Å². The first-order valence-corrected chi connectivity index (χ1v) is 7.57. The summed E-state index contributed by atoms with van der Waals surface area (Å²) in [5.41, 5.74) is 6.53. The second-order valence-corrected chi connectivity index (χ2v) is 5.45. The lowest BCUT2D eigenvalue weighted by atomic mass is 9.85. The molecule has 1 saturated carbocycles. The number of anilines is 2. The van der Waals surface area contributed by atoms with Crippen LogP contribution in [0.25, 0.3) is 0 Å². The van der Waals surface area contributed by atoms with E-state index in [1.807, 2.05) is 11.8 Å². The van der Waals surface area contributed by atoms with Crippen molar-refractivity contribution in [3.63, 3.8) is 0 Å². The number of carbonyl (C=O) groups excluding carboxylic acids is 1. The normalized spacial score (nSPS) is 14.6. The van der Waals surface area contributed by atoms with Crippen molar-refractivity contribution in [1.29, 1.82) is 0 Å². The minimum absolute atomic E-state index is 0.120. The summed E-state index contributed by atoms with van der Waals surface area (Å²) in [5.74, 6) is -0.273. The lowest BCUT2D eigenvalue weighted by Crippen LogP contribution is -2.33. The van der Waals surface area contributed by atoms with Gasteiger partial charge in [0, 0.05) is 18.8 Å². The van der Waals surface area contributed by atoms with Gasteiger partial charge in [0.2, 0.25) is 0 Å². The lowest BCUT2D eigenvalue weighted by Gasteiger charge is -2.33. The molecule has 1 aromatic rings. The molecule has 0 aromatic heterocycles. The van der Waals surface area contributed by atoms with Gasteiger partial charge in [-0.05, 0) is 44.7 Å². The molecule has 0 unspecified atom stereocenters. The molecule has 0 saturated heterocycles. The Hall–Kier alpha value is -1.78. The van der Waals surface area contributed by atoms with Gasteiger partial charge < -0.3 is 15.4 Å². The van der Waals surface area contributed by atoms with Crippen LogP contribution >= 0.6 is 0 Å². The Kier molecular flexibility index (Phi) is 5.04. The molecule has 0 amide bonds. The topological polar surface area (TPSA) is 55.6 Å². The first-order chi connectivity index (χ1) is 10.1. The zero-order valence-corrected chi connectivity index (χ0v) is 12.7. The summed E-state index contributed by atoms with van der Waals surface area (Å²) < 4.78 is 19.2. The third-order valence-corrected chi connectivity index (χ3v) is 4.04. The fourth-order valence-corrected chi connectivity index (χ4v) is 2.59. The molecule has 1 aliphatic carbocycles. The molecular formula is C16H23FN2O2. The fourth-order valence-electron chi connectivity index (χ4n) is 2.59. The summed E-state index contributed by atoms with van der Waals surface area (Å²) in [4.78, 5) is 13.9. The van der Waals surface area contributed by atoms with Crippen LogP contribution < -0.4 is 10.6 Å². The number of esters is 1. The standard InChI is InChI=1S/C16H23FN2O2/c1-3-19(10-11-6-5-7-11)15-8-12(16(20)21-4-2)14(18)9-13(15)17/h8-9,11H,3-7,10,18H2,1-2H3. The van der Waals surface area contributed by atoms with E-state index < -0.39 is 5.97 Å². The van der Waals surface area contributed by atoms with Gasteiger partial charge in [0.05, 0.1) is 17.9 Å². The van der Waals surface area contributed by atoms with Gasteiger partial charge in [0.1, 0.15) is 5.82 Å². The number of benzene rings is 1. The van der Waals surface area contributed by atoms with E-state index in [0.29, 0.717) is 18.2 Å². The molecule has 116 valence electrons. The highest BCUT2D eigenvalue weighted by atomic mass is 19.1. The molecule has 21 heavy (non-hydrogen) atoms. The Bertz CT molecular complexity index is 515. The Labute approximate surface area is 125 Å². The highest BCUT2D eigenvalue weighted by Gasteiger charge is 2.23. The Morgan fingerprint density at radius 2 is 2.14 bits per heavy atom. The van der Waals surface area contributed by atoms with Crippen LogP contribution in [0.15, 0.2) is 12.1 Å². The average Bonchev–Trinajstić information content (AvgIpc) is 2.39. The molecule has 1 aliphatic rings. The van der Waals surface area contributed by atoms with E-state index in [1.165, 1.54) is 31.4 Å². The molecule has 4 nitrogen and oxygen atoms in total. The maximum Gasteiger partial charge on any atom is 0.340 e. The third kappa shape index (κ3) is 3.46. The van der Waals surface area contributed by atoms with E-state index in [0.717, 1.165) is 6.54 Å². The number of nitrogens with two attached hydrogens (primary N) is 1. The average molecular weight is 294 g/mol. The number of nitrogens with zero attached hydrogens (tertiary/aromatic N) is 1. The Balaban J connectivity index is 2.27. The van der Waals surface area contributed by atoms with Crippen molar-refractivity contribution in [3.8, 4) is 0 Å². The summed E-state index contributed by atoms with van der Waals surface area (Å²) in [7, 11) is 0. The van der Waals surface area contributed by atoms with Crippen LogP contribution in [0.2, 0.25) is 0 Å². The smallest absolute Gasteiger partial charge is 0.340 e. The van der Waals surface area contributed by atoms with E-state index in [1.54, 1.807) is 6.92 Å². The summed E-state index contributed by atoms with van der Waals surface area (Å²) in [6, 6.07) is 2.73. The maximum atomic E-state index is 14.2. The number of ether oxygens (including phenoxy) is 1. The Morgan fingerprint density at radius 1 is 1.43 bits per heavy atom. The summed E-state index contributed by atoms with van der Waals surface area (Å²) in [6.45, 7) is 5.50. The first kappa shape index (κ1) is 15.6. The fraction of sp³-hybridized carbons (Fsp3) is 0.562. The van der Waals surface area contributed by atoms with E-state index in [9.17, 15) is 9.18 Å². The molecule has 0 radical (unpaired) electrons. The maximum absolute atomic E-state index is 14.2. The van der Waals surface area contributed by atoms with Crippen LogP contribution in [0.1, 0.15) is 43.5 Å². The molecule has 0 spiro atoms. The summed E-state index contributed by atoms with van der Waals surface area (Å²) in [5, 5.41) is 0. The van der Waals surface area contributed by atoms with Crippen LogP contribution in [0.3, 0.4) is 0 Å². The zero-order chi connectivity index (χ0) is 15.4. The first-order valence-electron chi connectivity index (χ1n) is 7.57. The van der Waals surface area contributed by atoms with Crippen LogP contribution in [-0.4, -0.2) is 25.7 Å². The Morgan fingerprint density at radius 3 is 2.67 bits per heavy atom. The third-order valence-electron chi connectivity index (χ3n) is 4.04. The van der Waals surface area contributed by atoms with Crippen molar-refractivity contribution in [1.82, 2.24) is 0 Å². The van der Waals surface area contributed by atoms with E-state index in [-0.39, 0.29) is 23.7 Å². The van der Waals surface area contributed by atoms with Crippen LogP contribution in [-0.2, 0) is 4.74 Å². The molecule has 0 heterocycles. The van der Waals surface area contributed by atoms with Crippen molar-refractivity contribution >= 4 is 17.3 Å². The van der Waals surface area contributed by atoms with Gasteiger partial charge in [0.15, 0.2) is 0 Å². The van der Waals surface area contributed by atoms with Crippen LogP contribution in [0.5, 0.6) is 0 Å². The van der Waals surface area contributed by atoms with Crippen molar-refractivity contribution in [2.24, 2.45) is 5.92 Å². The van der Waals surface area contributed by atoms with Gasteiger partial charge >= 0.3 is 5.97 Å². The lowest BCUT2D eigenvalue weighted by molar-refractivity contribution is 0.0527. The van der Waals surface area contributed by atoms with Crippen molar-refractivity contribution in [2.75, 3.05) is 30.3 Å². The van der Waals surface area contributed by atoms with Crippen LogP contribution in [0, 0.1) is 11.7 Å². The van der Waals surface area contributed by atoms with E-state index in [2.05, 4.69) is 0 Å². The molecule has 2 N–H and O–H groups in total. The SMILES string of the molecule is CCOC(=O)c1cc(N(CC)CC2CCC2)c(F)cc1N. The number of hydrogen-bond acceptors (Lipinski definition) is 4. The number of rotatable bonds is 6. The molecule has 2 rings (SSSR count). The highest BCUT2D eigenvalue weighted by Crippen LogP contribution is 2.31. The summed E-state index contributed by atoms with van der Waals surface area (Å²) in [6.07, 6.45) is 3.64. The molecular weight excluding hydrogens is 271 g/mol. The predicted molar refractivity (Wildman–Crippen MR) is 82.0 cm³/mol. The molecule has 0 atom stereocenters. The zero-order valence-electron chi connectivity index (χ0n) is 12.7. The van der Waals surface area contributed by atoms with Crippen molar-refractivity contribution < 1.29 is 13.9 Å². The quantitative estimate of drug-likeness (QED) is 0.646. The summed E-state index contributed by atoms with van der Waals surface area (Å²) >= 11 is 0. The number of hydrogen-bond donors (Lipinski definition) is 1. The van der Waals surface area contributed by atoms with Crippen LogP contribution in [0.4, 0.5) is 15.8 Å². The van der Waals surface area contributed by atoms with Gasteiger partial charge in [-0.1, -0.05) is 6.42 Å². The molecule has 1 fully saturated rings. The molecule has 1 aromatic carbocycles. The molecule has 0 aliphatic heterocycles. The van der Waals surface area contributed by atoms with Crippen molar-refractivity contribution in [2.45, 2.75) is 33.1 Å². The monoisotopic (exact) mass is 294 g/mol. The van der Waals surface area contributed by atoms with E-state index in [4.69, 9.17) is 10.5 Å². The van der Waals surface area contributed by atoms with Crippen molar-refractivity contribution in [3.05, 3.63) is 23.5 Å². The van der Waals surface area contributed by atoms with Gasteiger partial charge in [0.25, 0.3) is 0 Å². The second kappa shape index (κ2) is 6.78. The minimum Gasteiger partial charge on any atom is -0.462 e.